The van der Waals surface area contributed by atoms with Crippen LogP contribution in [0.4, 0.5) is 9.18 Å². The van der Waals surface area contributed by atoms with Crippen molar-refractivity contribution in [1.82, 2.24) is 25.3 Å². The van der Waals surface area contributed by atoms with Crippen molar-refractivity contribution in [2.45, 2.75) is 18.8 Å². The number of carbonyl (C=O) groups excluding carboxylic acids is 2. The quantitative estimate of drug-likeness (QED) is 0.772. The first kappa shape index (κ1) is 18.1. The van der Waals surface area contributed by atoms with E-state index >= 15 is 0 Å². The van der Waals surface area contributed by atoms with Crippen molar-refractivity contribution in [2.24, 2.45) is 4.99 Å². The summed E-state index contributed by atoms with van der Waals surface area (Å²) < 4.78 is 13.2. The first-order valence-corrected chi connectivity index (χ1v) is 8.41. The summed E-state index contributed by atoms with van der Waals surface area (Å²) in [6.45, 7) is 1.69. The Morgan fingerprint density at radius 1 is 1.23 bits per heavy atom. The molecule has 2 N–H and O–H groups in total. The van der Waals surface area contributed by atoms with Crippen LogP contribution in [-0.2, 0) is 11.3 Å². The van der Waals surface area contributed by atoms with Gasteiger partial charge in [-0.25, -0.2) is 9.18 Å². The number of imide groups is 1. The Balaban J connectivity index is 1.87. The number of guanidine groups is 1. The first-order chi connectivity index (χ1) is 12.4. The molecule has 1 aromatic carbocycles. The van der Waals surface area contributed by atoms with Gasteiger partial charge in [0.15, 0.2) is 12.0 Å². The number of likely N-dealkylation sites (N-methyl/N-ethyl adjacent to an activating group) is 2. The second-order valence-corrected chi connectivity index (χ2v) is 6.70. The molecule has 26 heavy (non-hydrogen) atoms. The largest absolute Gasteiger partial charge is 0.333 e. The maximum Gasteiger partial charge on any atom is 0.325 e. The van der Waals surface area contributed by atoms with Crippen LogP contribution in [0, 0.1) is 5.82 Å². The van der Waals surface area contributed by atoms with Crippen LogP contribution in [0.3, 0.4) is 0 Å². The molecule has 2 atom stereocenters. The predicted octanol–water partition coefficient (Wildman–Crippen LogP) is 0.0248. The molecule has 0 saturated carbocycles. The summed E-state index contributed by atoms with van der Waals surface area (Å²) in [7, 11) is 5.54. The van der Waals surface area contributed by atoms with Gasteiger partial charge in [0.2, 0.25) is 0 Å². The number of halogens is 1. The minimum Gasteiger partial charge on any atom is -0.333 e. The van der Waals surface area contributed by atoms with Gasteiger partial charge in [-0.1, -0.05) is 12.1 Å². The van der Waals surface area contributed by atoms with E-state index in [2.05, 4.69) is 15.6 Å². The summed E-state index contributed by atoms with van der Waals surface area (Å²) in [6.07, 6.45) is -0.491. The molecule has 140 valence electrons. The molecule has 0 bridgehead atoms. The highest BCUT2D eigenvalue weighted by Gasteiger charge is 2.49. The molecular formula is C17H23FN6O2. The minimum atomic E-state index is -0.596. The van der Waals surface area contributed by atoms with Gasteiger partial charge in [-0.05, 0) is 31.8 Å². The fourth-order valence-electron chi connectivity index (χ4n) is 3.04. The van der Waals surface area contributed by atoms with E-state index < -0.39 is 18.2 Å². The Hall–Kier alpha value is -2.68. The number of nitrogens with zero attached hydrogens (tertiary/aromatic N) is 4. The SMILES string of the molecule is CN(C)CCN=C1NC2C(C(=O)NC(=O)N2C)N1Cc1ccc(F)cc1. The van der Waals surface area contributed by atoms with Crippen LogP contribution >= 0.6 is 0 Å². The number of amides is 3. The molecule has 0 radical (unpaired) electrons. The van der Waals surface area contributed by atoms with Crippen LogP contribution < -0.4 is 10.6 Å². The Morgan fingerprint density at radius 2 is 1.92 bits per heavy atom. The van der Waals surface area contributed by atoms with Crippen molar-refractivity contribution in [3.05, 3.63) is 35.6 Å². The molecule has 2 saturated heterocycles. The number of hydrogen-bond acceptors (Lipinski definition) is 4. The van der Waals surface area contributed by atoms with Gasteiger partial charge in [0.05, 0.1) is 6.54 Å². The Bertz CT molecular complexity index is 720. The molecule has 0 aliphatic carbocycles. The normalized spacial score (nSPS) is 24.1. The third kappa shape index (κ3) is 3.62. The van der Waals surface area contributed by atoms with E-state index in [9.17, 15) is 14.0 Å². The van der Waals surface area contributed by atoms with Crippen molar-refractivity contribution >= 4 is 17.9 Å². The molecule has 2 heterocycles. The van der Waals surface area contributed by atoms with Gasteiger partial charge in [-0.15, -0.1) is 0 Å². The zero-order chi connectivity index (χ0) is 18.8. The Labute approximate surface area is 151 Å². The number of carbonyl (C=O) groups is 2. The average Bonchev–Trinajstić information content (AvgIpc) is 2.94. The first-order valence-electron chi connectivity index (χ1n) is 8.41. The molecule has 2 aliphatic rings. The maximum absolute atomic E-state index is 13.2. The number of nitrogens with one attached hydrogen (secondary N) is 2. The average molecular weight is 362 g/mol. The Morgan fingerprint density at radius 3 is 2.58 bits per heavy atom. The van der Waals surface area contributed by atoms with Gasteiger partial charge in [-0.3, -0.25) is 15.1 Å². The number of fused-ring (bicyclic) bond motifs is 1. The molecule has 9 heteroatoms. The van der Waals surface area contributed by atoms with Gasteiger partial charge in [0.1, 0.15) is 12.0 Å². The van der Waals surface area contributed by atoms with Crippen molar-refractivity contribution in [3.63, 3.8) is 0 Å². The molecule has 3 rings (SSSR count). The Kier molecular flexibility index (Phi) is 5.08. The molecule has 8 nitrogen and oxygen atoms in total. The van der Waals surface area contributed by atoms with E-state index in [0.29, 0.717) is 19.0 Å². The lowest BCUT2D eigenvalue weighted by atomic mass is 10.1. The molecule has 2 unspecified atom stereocenters. The summed E-state index contributed by atoms with van der Waals surface area (Å²) in [5.74, 6) is -0.125. The molecule has 3 amide bonds. The van der Waals surface area contributed by atoms with E-state index in [-0.39, 0.29) is 11.7 Å². The number of hydrogen-bond donors (Lipinski definition) is 2. The summed E-state index contributed by atoms with van der Waals surface area (Å²) in [5, 5.41) is 5.55. The second kappa shape index (κ2) is 7.28. The maximum atomic E-state index is 13.2. The van der Waals surface area contributed by atoms with Crippen LogP contribution in [-0.4, -0.2) is 79.0 Å². The van der Waals surface area contributed by atoms with Gasteiger partial charge in [0.25, 0.3) is 5.91 Å². The van der Waals surface area contributed by atoms with E-state index in [1.807, 2.05) is 23.9 Å². The fraction of sp³-hybridized carbons (Fsp3) is 0.471. The molecular weight excluding hydrogens is 339 g/mol. The van der Waals surface area contributed by atoms with Gasteiger partial charge in [-0.2, -0.15) is 0 Å². The van der Waals surface area contributed by atoms with Gasteiger partial charge in [0, 0.05) is 20.1 Å². The standard InChI is InChI=1S/C17H23FN6O2/c1-22(2)9-8-19-16-20-14-13(15(25)21-17(26)23(14)3)24(16)10-11-4-6-12(18)7-5-11/h4-7,13-14H,8-10H2,1-3H3,(H,19,20)(H,21,25,26). The van der Waals surface area contributed by atoms with Crippen LogP contribution in [0.25, 0.3) is 0 Å². The third-order valence-electron chi connectivity index (χ3n) is 4.50. The van der Waals surface area contributed by atoms with Gasteiger partial charge >= 0.3 is 6.03 Å². The van der Waals surface area contributed by atoms with E-state index in [4.69, 9.17) is 0 Å². The predicted molar refractivity (Wildman–Crippen MR) is 94.8 cm³/mol. The molecule has 2 fully saturated rings. The highest BCUT2D eigenvalue weighted by Crippen LogP contribution is 2.22. The molecule has 0 aromatic heterocycles. The highest BCUT2D eigenvalue weighted by molar-refractivity contribution is 6.04. The minimum absolute atomic E-state index is 0.313. The lowest BCUT2D eigenvalue weighted by Crippen LogP contribution is -2.64. The number of benzene rings is 1. The van der Waals surface area contributed by atoms with Crippen LogP contribution in [0.2, 0.25) is 0 Å². The van der Waals surface area contributed by atoms with Crippen LogP contribution in [0.15, 0.2) is 29.3 Å². The van der Waals surface area contributed by atoms with Crippen molar-refractivity contribution in [1.29, 1.82) is 0 Å². The lowest BCUT2D eigenvalue weighted by Gasteiger charge is -2.35. The van der Waals surface area contributed by atoms with Crippen molar-refractivity contribution in [2.75, 3.05) is 34.2 Å². The van der Waals surface area contributed by atoms with E-state index in [1.54, 1.807) is 19.2 Å². The number of rotatable bonds is 5. The number of urea groups is 1. The topological polar surface area (TPSA) is 80.3 Å². The molecule has 0 spiro atoms. The van der Waals surface area contributed by atoms with Crippen LogP contribution in [0.5, 0.6) is 0 Å². The van der Waals surface area contributed by atoms with Crippen molar-refractivity contribution < 1.29 is 14.0 Å². The zero-order valence-corrected chi connectivity index (χ0v) is 15.1. The van der Waals surface area contributed by atoms with Crippen LogP contribution in [0.1, 0.15) is 5.56 Å². The summed E-state index contributed by atoms with van der Waals surface area (Å²) in [4.78, 5) is 34.2. The molecule has 2 aliphatic heterocycles. The summed E-state index contributed by atoms with van der Waals surface area (Å²) >= 11 is 0. The zero-order valence-electron chi connectivity index (χ0n) is 15.1. The summed E-state index contributed by atoms with van der Waals surface area (Å²) in [6, 6.07) is 5.08. The lowest BCUT2D eigenvalue weighted by molar-refractivity contribution is -0.127. The third-order valence-corrected chi connectivity index (χ3v) is 4.50. The highest BCUT2D eigenvalue weighted by atomic mass is 19.1. The summed E-state index contributed by atoms with van der Waals surface area (Å²) in [5.41, 5.74) is 0.849. The fourth-order valence-corrected chi connectivity index (χ4v) is 3.04. The van der Waals surface area contributed by atoms with E-state index in [1.165, 1.54) is 17.0 Å². The van der Waals surface area contributed by atoms with E-state index in [0.717, 1.165) is 12.1 Å². The second-order valence-electron chi connectivity index (χ2n) is 6.70. The smallest absolute Gasteiger partial charge is 0.325 e. The number of aliphatic imine (C=N–C) groups is 1. The monoisotopic (exact) mass is 362 g/mol. The van der Waals surface area contributed by atoms with Gasteiger partial charge < -0.3 is 20.0 Å². The van der Waals surface area contributed by atoms with Crippen molar-refractivity contribution in [3.8, 4) is 0 Å². The molecule has 1 aromatic rings.